The summed E-state index contributed by atoms with van der Waals surface area (Å²) in [6.07, 6.45) is -1.06. The van der Waals surface area contributed by atoms with Gasteiger partial charge in [0.15, 0.2) is 0 Å². The Kier molecular flexibility index (Phi) is 5.59. The zero-order valence-corrected chi connectivity index (χ0v) is 11.5. The molecule has 0 heterocycles. The maximum absolute atomic E-state index is 10.2. The summed E-state index contributed by atoms with van der Waals surface area (Å²) in [4.78, 5) is 0. The van der Waals surface area contributed by atoms with E-state index in [0.29, 0.717) is 13.1 Å². The predicted molar refractivity (Wildman–Crippen MR) is 72.0 cm³/mol. The highest BCUT2D eigenvalue weighted by Crippen LogP contribution is 2.29. The largest absolute Gasteiger partial charge is 0.496 e. The van der Waals surface area contributed by atoms with Crippen LogP contribution in [0, 0.1) is 13.8 Å². The lowest BCUT2D eigenvalue weighted by Gasteiger charge is -2.18. The fourth-order valence-electron chi connectivity index (χ4n) is 2.05. The zero-order valence-electron chi connectivity index (χ0n) is 11.5. The Morgan fingerprint density at radius 3 is 2.44 bits per heavy atom. The summed E-state index contributed by atoms with van der Waals surface area (Å²) in [5, 5.41) is 22.3. The highest BCUT2D eigenvalue weighted by Gasteiger charge is 2.15. The minimum absolute atomic E-state index is 0.393. The van der Waals surface area contributed by atoms with Crippen LogP contribution in [0.3, 0.4) is 0 Å². The second-order valence-electron chi connectivity index (χ2n) is 4.73. The van der Waals surface area contributed by atoms with Crippen molar-refractivity contribution < 1.29 is 14.9 Å². The Hall–Kier alpha value is -1.10. The molecule has 4 heteroatoms. The summed E-state index contributed by atoms with van der Waals surface area (Å²) >= 11 is 0. The number of hydrogen-bond acceptors (Lipinski definition) is 4. The van der Waals surface area contributed by atoms with Gasteiger partial charge < -0.3 is 20.3 Å². The molecule has 0 saturated carbocycles. The quantitative estimate of drug-likeness (QED) is 0.715. The Bertz CT molecular complexity index is 391. The number of aliphatic hydroxyl groups is 2. The Morgan fingerprint density at radius 2 is 1.89 bits per heavy atom. The highest BCUT2D eigenvalue weighted by molar-refractivity contribution is 5.45. The normalized spacial score (nSPS) is 14.3. The molecule has 0 radical (unpaired) electrons. The number of ether oxygens (including phenoxy) is 1. The second-order valence-corrected chi connectivity index (χ2v) is 4.73. The van der Waals surface area contributed by atoms with E-state index in [4.69, 9.17) is 9.84 Å². The van der Waals surface area contributed by atoms with Gasteiger partial charge in [-0.2, -0.15) is 0 Å². The average Bonchev–Trinajstić information content (AvgIpc) is 2.27. The summed E-state index contributed by atoms with van der Waals surface area (Å²) in [6.45, 7) is 6.52. The number of aliphatic hydroxyl groups excluding tert-OH is 2. The summed E-state index contributed by atoms with van der Waals surface area (Å²) in [6, 6.07) is 3.96. The van der Waals surface area contributed by atoms with E-state index in [-0.39, 0.29) is 0 Å². The average molecular weight is 253 g/mol. The number of rotatable bonds is 6. The maximum Gasteiger partial charge on any atom is 0.127 e. The van der Waals surface area contributed by atoms with Crippen molar-refractivity contribution in [2.75, 3.05) is 20.2 Å². The molecular formula is C14H23NO3. The molecule has 2 unspecified atom stereocenters. The summed E-state index contributed by atoms with van der Waals surface area (Å²) < 4.78 is 5.34. The van der Waals surface area contributed by atoms with Crippen molar-refractivity contribution in [3.05, 3.63) is 28.8 Å². The van der Waals surface area contributed by atoms with Gasteiger partial charge in [0.2, 0.25) is 0 Å². The van der Waals surface area contributed by atoms with Crippen LogP contribution in [0.15, 0.2) is 12.1 Å². The first-order valence-corrected chi connectivity index (χ1v) is 6.17. The number of aryl methyl sites for hydroxylation is 2. The van der Waals surface area contributed by atoms with Gasteiger partial charge in [-0.1, -0.05) is 11.6 Å². The van der Waals surface area contributed by atoms with Crippen LogP contribution in [0.5, 0.6) is 5.75 Å². The number of nitrogens with one attached hydrogen (secondary N) is 1. The van der Waals surface area contributed by atoms with Gasteiger partial charge in [0.1, 0.15) is 5.75 Å². The van der Waals surface area contributed by atoms with Crippen molar-refractivity contribution in [2.45, 2.75) is 33.0 Å². The molecule has 0 aromatic heterocycles. The lowest BCUT2D eigenvalue weighted by Crippen LogP contribution is -2.28. The molecule has 18 heavy (non-hydrogen) atoms. The van der Waals surface area contributed by atoms with Gasteiger partial charge in [-0.3, -0.25) is 0 Å². The Balaban J connectivity index is 2.80. The topological polar surface area (TPSA) is 61.7 Å². The Labute approximate surface area is 109 Å². The molecule has 0 aliphatic rings. The van der Waals surface area contributed by atoms with Crippen molar-refractivity contribution in [1.29, 1.82) is 0 Å². The molecule has 1 rings (SSSR count). The van der Waals surface area contributed by atoms with Gasteiger partial charge in [0, 0.05) is 18.7 Å². The Morgan fingerprint density at radius 1 is 1.22 bits per heavy atom. The highest BCUT2D eigenvalue weighted by atomic mass is 16.5. The van der Waals surface area contributed by atoms with E-state index in [0.717, 1.165) is 22.4 Å². The van der Waals surface area contributed by atoms with Crippen LogP contribution in [-0.2, 0) is 0 Å². The van der Waals surface area contributed by atoms with Crippen LogP contribution in [0.2, 0.25) is 0 Å². The molecule has 3 N–H and O–H groups in total. The monoisotopic (exact) mass is 253 g/mol. The molecule has 0 saturated heterocycles. The third kappa shape index (κ3) is 3.98. The van der Waals surface area contributed by atoms with Gasteiger partial charge in [0.05, 0.1) is 19.3 Å². The van der Waals surface area contributed by atoms with E-state index in [2.05, 4.69) is 5.32 Å². The molecule has 0 bridgehead atoms. The first-order chi connectivity index (χ1) is 8.45. The number of benzene rings is 1. The smallest absolute Gasteiger partial charge is 0.127 e. The molecular weight excluding hydrogens is 230 g/mol. The second kappa shape index (κ2) is 6.73. The third-order valence-corrected chi connectivity index (χ3v) is 2.79. The van der Waals surface area contributed by atoms with Crippen LogP contribution in [0.25, 0.3) is 0 Å². The van der Waals surface area contributed by atoms with E-state index >= 15 is 0 Å². The molecule has 0 aliphatic heterocycles. The lowest BCUT2D eigenvalue weighted by atomic mass is 10.0. The lowest BCUT2D eigenvalue weighted by molar-refractivity contribution is 0.152. The van der Waals surface area contributed by atoms with Crippen molar-refractivity contribution in [3.63, 3.8) is 0 Å². The molecule has 1 aromatic carbocycles. The van der Waals surface area contributed by atoms with E-state index in [9.17, 15) is 5.11 Å². The fourth-order valence-corrected chi connectivity index (χ4v) is 2.05. The first-order valence-electron chi connectivity index (χ1n) is 6.17. The molecule has 0 fully saturated rings. The molecule has 0 spiro atoms. The summed E-state index contributed by atoms with van der Waals surface area (Å²) in [7, 11) is 1.61. The maximum atomic E-state index is 10.2. The van der Waals surface area contributed by atoms with Crippen molar-refractivity contribution in [2.24, 2.45) is 0 Å². The van der Waals surface area contributed by atoms with Gasteiger partial charge in [-0.25, -0.2) is 0 Å². The minimum Gasteiger partial charge on any atom is -0.496 e. The van der Waals surface area contributed by atoms with Crippen LogP contribution in [0.1, 0.15) is 29.7 Å². The van der Waals surface area contributed by atoms with Gasteiger partial charge in [-0.15, -0.1) is 0 Å². The zero-order chi connectivity index (χ0) is 13.7. The van der Waals surface area contributed by atoms with Crippen molar-refractivity contribution in [1.82, 2.24) is 5.32 Å². The SMILES string of the molecule is COc1c(C)cc(C)cc1C(O)CNCC(C)O. The van der Waals surface area contributed by atoms with Gasteiger partial charge >= 0.3 is 0 Å². The first kappa shape index (κ1) is 15.0. The van der Waals surface area contributed by atoms with Crippen LogP contribution in [-0.4, -0.2) is 36.5 Å². The van der Waals surface area contributed by atoms with Crippen molar-refractivity contribution >= 4 is 0 Å². The van der Waals surface area contributed by atoms with Gasteiger partial charge in [-0.05, 0) is 32.4 Å². The van der Waals surface area contributed by atoms with E-state index < -0.39 is 12.2 Å². The summed E-state index contributed by atoms with van der Waals surface area (Å²) in [5.74, 6) is 0.729. The summed E-state index contributed by atoms with van der Waals surface area (Å²) in [5.41, 5.74) is 2.90. The van der Waals surface area contributed by atoms with Crippen LogP contribution in [0.4, 0.5) is 0 Å². The molecule has 1 aromatic rings. The predicted octanol–water partition coefficient (Wildman–Crippen LogP) is 1.32. The molecule has 4 nitrogen and oxygen atoms in total. The van der Waals surface area contributed by atoms with E-state index in [1.165, 1.54) is 0 Å². The minimum atomic E-state index is -0.641. The van der Waals surface area contributed by atoms with E-state index in [1.54, 1.807) is 14.0 Å². The van der Waals surface area contributed by atoms with Crippen molar-refractivity contribution in [3.8, 4) is 5.75 Å². The van der Waals surface area contributed by atoms with Crippen LogP contribution >= 0.6 is 0 Å². The van der Waals surface area contributed by atoms with Gasteiger partial charge in [0.25, 0.3) is 0 Å². The molecule has 102 valence electrons. The molecule has 0 amide bonds. The number of hydrogen-bond donors (Lipinski definition) is 3. The van der Waals surface area contributed by atoms with E-state index in [1.807, 2.05) is 26.0 Å². The fraction of sp³-hybridized carbons (Fsp3) is 0.571. The molecule has 0 aliphatic carbocycles. The standard InChI is InChI=1S/C14H23NO3/c1-9-5-10(2)14(18-4)12(6-9)13(17)8-15-7-11(3)16/h5-6,11,13,15-17H,7-8H2,1-4H3. The third-order valence-electron chi connectivity index (χ3n) is 2.79. The molecule has 2 atom stereocenters. The van der Waals surface area contributed by atoms with Crippen LogP contribution < -0.4 is 10.1 Å². The number of methoxy groups -OCH3 is 1.